The van der Waals surface area contributed by atoms with Gasteiger partial charge in [0.1, 0.15) is 3.53 Å². The van der Waals surface area contributed by atoms with Crippen LogP contribution in [0.5, 0.6) is 0 Å². The zero-order chi connectivity index (χ0) is 5.98. The summed E-state index contributed by atoms with van der Waals surface area (Å²) in [5.74, 6) is 3.65. The second-order valence-electron chi connectivity index (χ2n) is 1.33. The van der Waals surface area contributed by atoms with Gasteiger partial charge in [0.05, 0.1) is 5.25 Å². The molecule has 0 radical (unpaired) electrons. The maximum absolute atomic E-state index is 5.15. The Bertz CT molecular complexity index is 144. The first-order valence-electron chi connectivity index (χ1n) is 2.12. The van der Waals surface area contributed by atoms with Gasteiger partial charge in [-0.15, -0.1) is 18.2 Å². The fourth-order valence-corrected chi connectivity index (χ4v) is 2.95. The molecule has 0 N–H and O–H groups in total. The molecule has 0 aromatic rings. The van der Waals surface area contributed by atoms with Crippen LogP contribution in [0.1, 0.15) is 0 Å². The molecule has 1 saturated heterocycles. The second kappa shape index (κ2) is 2.77. The SMILES string of the molecule is C#CC1CSC(=S)S1. The van der Waals surface area contributed by atoms with Crippen LogP contribution in [0.4, 0.5) is 0 Å². The first kappa shape index (κ1) is 6.47. The normalized spacial score (nSPS) is 27.9. The Morgan fingerprint density at radius 3 is 2.88 bits per heavy atom. The highest BCUT2D eigenvalue weighted by atomic mass is 32.2. The van der Waals surface area contributed by atoms with Crippen molar-refractivity contribution in [3.05, 3.63) is 0 Å². The van der Waals surface area contributed by atoms with Gasteiger partial charge in [0.25, 0.3) is 0 Å². The number of hydrogen-bond donors (Lipinski definition) is 0. The van der Waals surface area contributed by atoms with Crippen LogP contribution < -0.4 is 0 Å². The monoisotopic (exact) mass is 160 g/mol. The Balaban J connectivity index is 2.47. The van der Waals surface area contributed by atoms with E-state index in [1.54, 1.807) is 23.5 Å². The molecule has 0 spiro atoms. The molecule has 3 heteroatoms. The third kappa shape index (κ3) is 1.41. The minimum Gasteiger partial charge on any atom is -0.119 e. The molecular weight excluding hydrogens is 156 g/mol. The lowest BCUT2D eigenvalue weighted by atomic mass is 10.5. The first-order valence-corrected chi connectivity index (χ1v) is 4.40. The number of terminal acetylenes is 1. The van der Waals surface area contributed by atoms with E-state index in [0.717, 1.165) is 9.28 Å². The van der Waals surface area contributed by atoms with Crippen LogP contribution in [0.25, 0.3) is 0 Å². The average molecular weight is 160 g/mol. The summed E-state index contributed by atoms with van der Waals surface area (Å²) >= 11 is 8.20. The van der Waals surface area contributed by atoms with Crippen molar-refractivity contribution in [3.63, 3.8) is 0 Å². The van der Waals surface area contributed by atoms with E-state index in [2.05, 4.69) is 5.92 Å². The summed E-state index contributed by atoms with van der Waals surface area (Å²) in [6.07, 6.45) is 5.15. The molecule has 0 bridgehead atoms. The molecule has 1 heterocycles. The van der Waals surface area contributed by atoms with Gasteiger partial charge in [-0.3, -0.25) is 0 Å². The predicted molar refractivity (Wildman–Crippen MR) is 45.3 cm³/mol. The molecule has 1 fully saturated rings. The van der Waals surface area contributed by atoms with Crippen LogP contribution >= 0.6 is 35.7 Å². The zero-order valence-corrected chi connectivity index (χ0v) is 6.54. The van der Waals surface area contributed by atoms with Crippen LogP contribution in [0.2, 0.25) is 0 Å². The third-order valence-corrected chi connectivity index (χ3v) is 3.79. The largest absolute Gasteiger partial charge is 0.119 e. The van der Waals surface area contributed by atoms with Gasteiger partial charge in [0.15, 0.2) is 0 Å². The van der Waals surface area contributed by atoms with Crippen molar-refractivity contribution >= 4 is 39.3 Å². The van der Waals surface area contributed by atoms with Crippen molar-refractivity contribution in [2.24, 2.45) is 0 Å². The lowest BCUT2D eigenvalue weighted by molar-refractivity contribution is 1.35. The van der Waals surface area contributed by atoms with Crippen LogP contribution in [0.3, 0.4) is 0 Å². The van der Waals surface area contributed by atoms with E-state index in [0.29, 0.717) is 5.25 Å². The average Bonchev–Trinajstić information content (AvgIpc) is 2.14. The van der Waals surface area contributed by atoms with Crippen molar-refractivity contribution in [2.75, 3.05) is 5.75 Å². The molecule has 8 heavy (non-hydrogen) atoms. The molecule has 0 nitrogen and oxygen atoms in total. The van der Waals surface area contributed by atoms with Crippen LogP contribution in [0, 0.1) is 12.3 Å². The van der Waals surface area contributed by atoms with Crippen LogP contribution in [-0.4, -0.2) is 14.5 Å². The van der Waals surface area contributed by atoms with E-state index in [9.17, 15) is 0 Å². The Kier molecular flexibility index (Phi) is 2.24. The highest BCUT2D eigenvalue weighted by Crippen LogP contribution is 2.32. The molecule has 1 rings (SSSR count). The fourth-order valence-electron chi connectivity index (χ4n) is 0.410. The molecule has 0 aliphatic carbocycles. The molecule has 1 atom stereocenters. The summed E-state index contributed by atoms with van der Waals surface area (Å²) in [5.41, 5.74) is 0. The van der Waals surface area contributed by atoms with Crippen molar-refractivity contribution in [1.82, 2.24) is 0 Å². The lowest BCUT2D eigenvalue weighted by Crippen LogP contribution is -1.93. The smallest absolute Gasteiger partial charge is 0.105 e. The van der Waals surface area contributed by atoms with E-state index in [1.807, 2.05) is 0 Å². The van der Waals surface area contributed by atoms with Gasteiger partial charge >= 0.3 is 0 Å². The summed E-state index contributed by atoms with van der Waals surface area (Å²) in [5, 5.41) is 0.340. The van der Waals surface area contributed by atoms with Gasteiger partial charge in [0.2, 0.25) is 0 Å². The summed E-state index contributed by atoms with van der Waals surface area (Å²) in [4.78, 5) is 0. The van der Waals surface area contributed by atoms with Gasteiger partial charge in [-0.25, -0.2) is 0 Å². The first-order chi connectivity index (χ1) is 3.83. The summed E-state index contributed by atoms with van der Waals surface area (Å²) in [6.45, 7) is 0. The topological polar surface area (TPSA) is 0 Å². The Morgan fingerprint density at radius 2 is 2.62 bits per heavy atom. The molecule has 0 saturated carbocycles. The van der Waals surface area contributed by atoms with Gasteiger partial charge in [-0.1, -0.05) is 29.9 Å². The predicted octanol–water partition coefficient (Wildman–Crippen LogP) is 1.75. The van der Waals surface area contributed by atoms with E-state index < -0.39 is 0 Å². The Hall–Kier alpha value is 0.350. The minimum absolute atomic E-state index is 0.340. The zero-order valence-electron chi connectivity index (χ0n) is 4.09. The quantitative estimate of drug-likeness (QED) is 0.391. The second-order valence-corrected chi connectivity index (χ2v) is 4.76. The van der Waals surface area contributed by atoms with E-state index >= 15 is 0 Å². The summed E-state index contributed by atoms with van der Waals surface area (Å²) in [6, 6.07) is 0. The lowest BCUT2D eigenvalue weighted by Gasteiger charge is -1.89. The highest BCUT2D eigenvalue weighted by Gasteiger charge is 2.17. The number of thiocarbonyl (C=S) groups is 1. The van der Waals surface area contributed by atoms with Crippen molar-refractivity contribution in [1.29, 1.82) is 0 Å². The Morgan fingerprint density at radius 1 is 1.88 bits per heavy atom. The number of thioether (sulfide) groups is 2. The Labute approximate surface area is 62.8 Å². The van der Waals surface area contributed by atoms with Crippen LogP contribution in [-0.2, 0) is 0 Å². The molecular formula is C5H4S3. The molecule has 42 valence electrons. The van der Waals surface area contributed by atoms with Gasteiger partial charge in [-0.2, -0.15) is 0 Å². The molecule has 0 aromatic carbocycles. The van der Waals surface area contributed by atoms with Crippen molar-refractivity contribution < 1.29 is 0 Å². The minimum atomic E-state index is 0.340. The molecule has 1 unspecified atom stereocenters. The van der Waals surface area contributed by atoms with Gasteiger partial charge in [0, 0.05) is 5.75 Å². The summed E-state index contributed by atoms with van der Waals surface area (Å²) in [7, 11) is 0. The third-order valence-electron chi connectivity index (χ3n) is 0.777. The summed E-state index contributed by atoms with van der Waals surface area (Å²) < 4.78 is 0.993. The number of hydrogen-bond acceptors (Lipinski definition) is 3. The maximum atomic E-state index is 5.15. The molecule has 0 aromatic heterocycles. The number of rotatable bonds is 0. The molecule has 1 aliphatic heterocycles. The van der Waals surface area contributed by atoms with E-state index in [1.165, 1.54) is 0 Å². The van der Waals surface area contributed by atoms with E-state index in [4.69, 9.17) is 18.6 Å². The van der Waals surface area contributed by atoms with Crippen molar-refractivity contribution in [3.8, 4) is 12.3 Å². The molecule has 1 aliphatic rings. The van der Waals surface area contributed by atoms with Crippen LogP contribution in [0.15, 0.2) is 0 Å². The van der Waals surface area contributed by atoms with Gasteiger partial charge in [-0.05, 0) is 0 Å². The van der Waals surface area contributed by atoms with Gasteiger partial charge < -0.3 is 0 Å². The standard InChI is InChI=1S/C5H4S3/c1-2-4-3-7-5(6)8-4/h1,4H,3H2. The van der Waals surface area contributed by atoms with E-state index in [-0.39, 0.29) is 0 Å². The molecule has 0 amide bonds. The highest BCUT2D eigenvalue weighted by molar-refractivity contribution is 8.49. The maximum Gasteiger partial charge on any atom is 0.105 e. The fraction of sp³-hybridized carbons (Fsp3) is 0.400. The van der Waals surface area contributed by atoms with Crippen molar-refractivity contribution in [2.45, 2.75) is 5.25 Å².